The predicted octanol–water partition coefficient (Wildman–Crippen LogP) is 1.10. The zero-order valence-electron chi connectivity index (χ0n) is 5.10. The van der Waals surface area contributed by atoms with Crippen LogP contribution in [0, 0.1) is 0 Å². The number of amides is 1. The Morgan fingerprint density at radius 3 is 2.67 bits per heavy atom. The first kappa shape index (κ1) is 8.56. The molecule has 4 heteroatoms. The lowest BCUT2D eigenvalue weighted by atomic mass is 10.4. The molecule has 0 aromatic rings. The molecule has 0 unspecified atom stereocenters. The monoisotopic (exact) mass is 151 g/mol. The number of primary amides is 1. The van der Waals surface area contributed by atoms with Crippen molar-refractivity contribution in [2.24, 2.45) is 5.73 Å². The Balaban J connectivity index is 2.83. The molecule has 0 fully saturated rings. The molecule has 1 amide bonds. The summed E-state index contributed by atoms with van der Waals surface area (Å²) in [5.41, 5.74) is 4.68. The first-order valence-corrected chi connectivity index (χ1v) is 3.29. The normalized spacial score (nSPS) is 9.00. The van der Waals surface area contributed by atoms with Crippen LogP contribution in [0.3, 0.4) is 0 Å². The second-order valence-electron chi connectivity index (χ2n) is 1.56. The van der Waals surface area contributed by atoms with Gasteiger partial charge in [0.05, 0.1) is 6.61 Å². The van der Waals surface area contributed by atoms with Gasteiger partial charge < -0.3 is 10.5 Å². The molecule has 0 spiro atoms. The van der Waals surface area contributed by atoms with Gasteiger partial charge in [0.15, 0.2) is 0 Å². The molecule has 3 nitrogen and oxygen atoms in total. The van der Waals surface area contributed by atoms with Gasteiger partial charge in [0.25, 0.3) is 0 Å². The summed E-state index contributed by atoms with van der Waals surface area (Å²) in [6, 6.07) is 0. The Morgan fingerprint density at radius 2 is 2.22 bits per heavy atom. The van der Waals surface area contributed by atoms with Crippen molar-refractivity contribution >= 4 is 17.7 Å². The molecule has 0 radical (unpaired) electrons. The minimum atomic E-state index is -0.718. The van der Waals surface area contributed by atoms with Crippen LogP contribution in [-0.2, 0) is 4.74 Å². The summed E-state index contributed by atoms with van der Waals surface area (Å²) in [6.45, 7) is 0.377. The Morgan fingerprint density at radius 1 is 1.56 bits per heavy atom. The van der Waals surface area contributed by atoms with Gasteiger partial charge in [0.2, 0.25) is 0 Å². The van der Waals surface area contributed by atoms with Gasteiger partial charge in [-0.25, -0.2) is 4.79 Å². The Labute approximate surface area is 59.1 Å². The summed E-state index contributed by atoms with van der Waals surface area (Å²) in [6.07, 6.45) is 0.922. The topological polar surface area (TPSA) is 52.3 Å². The summed E-state index contributed by atoms with van der Waals surface area (Å²) in [5.74, 6) is 0.599. The molecule has 0 aliphatic rings. The van der Waals surface area contributed by atoms with Crippen LogP contribution in [0.4, 0.5) is 4.79 Å². The van der Waals surface area contributed by atoms with E-state index in [0.717, 1.165) is 12.8 Å². The lowest BCUT2D eigenvalue weighted by Crippen LogP contribution is -2.13. The van der Waals surface area contributed by atoms with Gasteiger partial charge in [-0.3, -0.25) is 0 Å². The summed E-state index contributed by atoms with van der Waals surface area (Å²) >= 11 is 5.35. The van der Waals surface area contributed by atoms with Crippen molar-refractivity contribution in [1.29, 1.82) is 0 Å². The Hall–Kier alpha value is -0.440. The highest BCUT2D eigenvalue weighted by Gasteiger charge is 1.90. The highest BCUT2D eigenvalue weighted by Crippen LogP contribution is 1.91. The van der Waals surface area contributed by atoms with Crippen LogP contribution in [0.2, 0.25) is 0 Å². The van der Waals surface area contributed by atoms with E-state index < -0.39 is 6.09 Å². The van der Waals surface area contributed by atoms with Crippen LogP contribution in [0.1, 0.15) is 12.8 Å². The van der Waals surface area contributed by atoms with Gasteiger partial charge in [-0.05, 0) is 12.8 Å². The van der Waals surface area contributed by atoms with Gasteiger partial charge in [-0.2, -0.15) is 0 Å². The number of rotatable bonds is 4. The van der Waals surface area contributed by atoms with Crippen molar-refractivity contribution in [1.82, 2.24) is 0 Å². The van der Waals surface area contributed by atoms with Crippen LogP contribution in [0.5, 0.6) is 0 Å². The third kappa shape index (κ3) is 7.56. The number of carbonyl (C=O) groups excluding carboxylic acids is 1. The first-order valence-electron chi connectivity index (χ1n) is 2.75. The van der Waals surface area contributed by atoms with Crippen LogP contribution >= 0.6 is 11.6 Å². The molecule has 0 aromatic heterocycles. The minimum absolute atomic E-state index is 0.377. The summed E-state index contributed by atoms with van der Waals surface area (Å²) in [4.78, 5) is 9.93. The summed E-state index contributed by atoms with van der Waals surface area (Å²) in [7, 11) is 0. The van der Waals surface area contributed by atoms with Crippen molar-refractivity contribution < 1.29 is 9.53 Å². The number of ether oxygens (including phenoxy) is 1. The highest BCUT2D eigenvalue weighted by molar-refractivity contribution is 6.17. The molecule has 0 aliphatic heterocycles. The van der Waals surface area contributed by atoms with Gasteiger partial charge >= 0.3 is 6.09 Å². The van der Waals surface area contributed by atoms with Crippen molar-refractivity contribution in [2.45, 2.75) is 12.8 Å². The number of nitrogens with two attached hydrogens (primary N) is 1. The average Bonchev–Trinajstić information content (AvgIpc) is 1.80. The minimum Gasteiger partial charge on any atom is -0.450 e. The van der Waals surface area contributed by atoms with E-state index in [9.17, 15) is 4.79 Å². The largest absolute Gasteiger partial charge is 0.450 e. The van der Waals surface area contributed by atoms with Gasteiger partial charge in [-0.15, -0.1) is 11.6 Å². The average molecular weight is 152 g/mol. The van der Waals surface area contributed by atoms with Gasteiger partial charge in [-0.1, -0.05) is 0 Å². The van der Waals surface area contributed by atoms with Gasteiger partial charge in [0.1, 0.15) is 0 Å². The summed E-state index contributed by atoms with van der Waals surface area (Å²) in [5, 5.41) is 0. The number of hydrogen-bond acceptors (Lipinski definition) is 2. The maximum absolute atomic E-state index is 9.93. The highest BCUT2D eigenvalue weighted by atomic mass is 35.5. The molecule has 0 heterocycles. The van der Waals surface area contributed by atoms with Crippen LogP contribution in [0.15, 0.2) is 0 Å². The molecule has 0 saturated carbocycles. The van der Waals surface area contributed by atoms with E-state index in [1.54, 1.807) is 0 Å². The molecular formula is C5H10ClNO2. The molecule has 0 bridgehead atoms. The molecule has 54 valence electrons. The van der Waals surface area contributed by atoms with Crippen molar-refractivity contribution in [2.75, 3.05) is 12.5 Å². The summed E-state index contributed by atoms with van der Waals surface area (Å²) < 4.78 is 4.42. The predicted molar refractivity (Wildman–Crippen MR) is 35.5 cm³/mol. The van der Waals surface area contributed by atoms with E-state index >= 15 is 0 Å². The van der Waals surface area contributed by atoms with Crippen molar-refractivity contribution in [3.05, 3.63) is 0 Å². The van der Waals surface area contributed by atoms with Crippen LogP contribution < -0.4 is 5.73 Å². The maximum atomic E-state index is 9.93. The first-order chi connectivity index (χ1) is 4.27. The fraction of sp³-hybridized carbons (Fsp3) is 0.800. The van der Waals surface area contributed by atoms with E-state index in [4.69, 9.17) is 11.6 Å². The standard InChI is InChI=1S/C5H10ClNO2/c6-3-1-2-4-9-5(7)8/h1-4H2,(H2,7,8). The number of halogens is 1. The SMILES string of the molecule is NC(=O)OCCCCCl. The smallest absolute Gasteiger partial charge is 0.404 e. The Kier molecular flexibility index (Phi) is 5.41. The molecule has 2 N–H and O–H groups in total. The van der Waals surface area contributed by atoms with E-state index in [0.29, 0.717) is 12.5 Å². The molecule has 0 atom stereocenters. The zero-order valence-corrected chi connectivity index (χ0v) is 5.86. The molecule has 0 saturated heterocycles. The number of carbonyl (C=O) groups is 1. The van der Waals surface area contributed by atoms with E-state index in [2.05, 4.69) is 10.5 Å². The maximum Gasteiger partial charge on any atom is 0.404 e. The second kappa shape index (κ2) is 5.69. The number of hydrogen-bond donors (Lipinski definition) is 1. The van der Waals surface area contributed by atoms with Crippen molar-refractivity contribution in [3.8, 4) is 0 Å². The molecular weight excluding hydrogens is 142 g/mol. The molecule has 0 aliphatic carbocycles. The third-order valence-electron chi connectivity index (χ3n) is 0.772. The number of unbranched alkanes of at least 4 members (excludes halogenated alkanes) is 1. The third-order valence-corrected chi connectivity index (χ3v) is 1.04. The van der Waals surface area contributed by atoms with Gasteiger partial charge in [0, 0.05) is 5.88 Å². The lowest BCUT2D eigenvalue weighted by Gasteiger charge is -1.97. The fourth-order valence-corrected chi connectivity index (χ4v) is 0.558. The molecule has 0 aromatic carbocycles. The van der Waals surface area contributed by atoms with Crippen LogP contribution in [0.25, 0.3) is 0 Å². The fourth-order valence-electron chi connectivity index (χ4n) is 0.369. The number of alkyl halides is 1. The van der Waals surface area contributed by atoms with E-state index in [1.165, 1.54) is 0 Å². The lowest BCUT2D eigenvalue weighted by molar-refractivity contribution is 0.155. The second-order valence-corrected chi connectivity index (χ2v) is 1.94. The van der Waals surface area contributed by atoms with Crippen molar-refractivity contribution in [3.63, 3.8) is 0 Å². The Bertz CT molecular complexity index is 87.0. The quantitative estimate of drug-likeness (QED) is 0.483. The van der Waals surface area contributed by atoms with E-state index in [-0.39, 0.29) is 0 Å². The molecule has 9 heavy (non-hydrogen) atoms. The molecule has 0 rings (SSSR count). The van der Waals surface area contributed by atoms with E-state index in [1.807, 2.05) is 0 Å². The zero-order chi connectivity index (χ0) is 7.11. The van der Waals surface area contributed by atoms with Crippen LogP contribution in [-0.4, -0.2) is 18.6 Å².